The number of furan rings is 1. The number of allylic oxidation sites excluding steroid dienone is 2. The van der Waals surface area contributed by atoms with Gasteiger partial charge in [0.25, 0.3) is 0 Å². The van der Waals surface area contributed by atoms with Gasteiger partial charge in [0.1, 0.15) is 6.29 Å². The van der Waals surface area contributed by atoms with E-state index in [-0.39, 0.29) is 11.3 Å². The summed E-state index contributed by atoms with van der Waals surface area (Å²) >= 11 is 0. The van der Waals surface area contributed by atoms with Crippen LogP contribution < -0.4 is 0 Å². The Morgan fingerprint density at radius 3 is 2.91 bits per heavy atom. The maximum absolute atomic E-state index is 12.3. The van der Waals surface area contributed by atoms with Crippen molar-refractivity contribution in [3.05, 3.63) is 35.8 Å². The van der Waals surface area contributed by atoms with Gasteiger partial charge in [0.15, 0.2) is 0 Å². The SMILES string of the molecule is CC1=CCCC2C1(C)CC(O)C(C)C2(C=O)CCc1ccoc1. The lowest BCUT2D eigenvalue weighted by Crippen LogP contribution is -2.57. The number of carbonyl (C=O) groups is 1. The quantitative estimate of drug-likeness (QED) is 0.670. The average molecular weight is 316 g/mol. The molecular weight excluding hydrogens is 288 g/mol. The van der Waals surface area contributed by atoms with Gasteiger partial charge in [0.2, 0.25) is 0 Å². The zero-order chi connectivity index (χ0) is 16.7. The Morgan fingerprint density at radius 2 is 2.26 bits per heavy atom. The number of hydrogen-bond donors (Lipinski definition) is 1. The summed E-state index contributed by atoms with van der Waals surface area (Å²) in [7, 11) is 0. The molecule has 0 aliphatic heterocycles. The van der Waals surface area contributed by atoms with E-state index in [2.05, 4.69) is 26.8 Å². The van der Waals surface area contributed by atoms with Crippen molar-refractivity contribution in [1.29, 1.82) is 0 Å². The molecule has 0 amide bonds. The second-order valence-corrected chi connectivity index (χ2v) is 7.86. The van der Waals surface area contributed by atoms with Gasteiger partial charge in [-0.1, -0.05) is 25.5 Å². The molecule has 1 N–H and O–H groups in total. The van der Waals surface area contributed by atoms with Crippen LogP contribution in [0.2, 0.25) is 0 Å². The molecule has 5 atom stereocenters. The molecular formula is C20H28O3. The van der Waals surface area contributed by atoms with Crippen LogP contribution in [0, 0.1) is 22.7 Å². The molecule has 2 aliphatic rings. The van der Waals surface area contributed by atoms with E-state index < -0.39 is 11.5 Å². The second kappa shape index (κ2) is 5.94. The van der Waals surface area contributed by atoms with E-state index in [1.54, 1.807) is 12.5 Å². The largest absolute Gasteiger partial charge is 0.472 e. The Labute approximate surface area is 138 Å². The third kappa shape index (κ3) is 2.50. The molecule has 1 heterocycles. The van der Waals surface area contributed by atoms with Crippen molar-refractivity contribution in [1.82, 2.24) is 0 Å². The van der Waals surface area contributed by atoms with Crippen LogP contribution in [0.3, 0.4) is 0 Å². The summed E-state index contributed by atoms with van der Waals surface area (Å²) in [5.74, 6) is 0.304. The van der Waals surface area contributed by atoms with Gasteiger partial charge >= 0.3 is 0 Å². The van der Waals surface area contributed by atoms with Crippen LogP contribution in [0.5, 0.6) is 0 Å². The molecule has 0 bridgehead atoms. The number of carbonyl (C=O) groups excluding carboxylic acids is 1. The molecule has 3 heteroatoms. The molecule has 0 saturated heterocycles. The summed E-state index contributed by atoms with van der Waals surface area (Å²) in [5.41, 5.74) is 1.94. The first-order valence-electron chi connectivity index (χ1n) is 8.77. The fraction of sp³-hybridized carbons (Fsp3) is 0.650. The van der Waals surface area contributed by atoms with Crippen molar-refractivity contribution in [2.45, 2.75) is 59.0 Å². The van der Waals surface area contributed by atoms with Crippen molar-refractivity contribution in [2.75, 3.05) is 0 Å². The molecule has 2 aliphatic carbocycles. The topological polar surface area (TPSA) is 50.4 Å². The number of hydrogen-bond acceptors (Lipinski definition) is 3. The van der Waals surface area contributed by atoms with Crippen LogP contribution in [0.25, 0.3) is 0 Å². The maximum Gasteiger partial charge on any atom is 0.126 e. The minimum absolute atomic E-state index is 0.00382. The second-order valence-electron chi connectivity index (χ2n) is 7.86. The standard InChI is InChI=1S/C20H28O3/c1-14-5-4-6-18-19(14,3)11-17(22)15(2)20(18,13-21)9-7-16-8-10-23-12-16/h5,8,10,12-13,15,17-18,22H,4,6-7,9,11H2,1-3H3. The van der Waals surface area contributed by atoms with Gasteiger partial charge in [-0.2, -0.15) is 0 Å². The molecule has 126 valence electrons. The summed E-state index contributed by atoms with van der Waals surface area (Å²) in [6.45, 7) is 6.47. The highest BCUT2D eigenvalue weighted by Crippen LogP contribution is 2.61. The first kappa shape index (κ1) is 16.5. The van der Waals surface area contributed by atoms with E-state index in [4.69, 9.17) is 4.42 Å². The van der Waals surface area contributed by atoms with Crippen LogP contribution in [0.1, 0.15) is 52.0 Å². The van der Waals surface area contributed by atoms with Crippen LogP contribution in [0.4, 0.5) is 0 Å². The van der Waals surface area contributed by atoms with Gasteiger partial charge in [-0.3, -0.25) is 0 Å². The Bertz CT molecular complexity index is 588. The molecule has 23 heavy (non-hydrogen) atoms. The molecule has 0 aromatic carbocycles. The summed E-state index contributed by atoms with van der Waals surface area (Å²) in [6, 6.07) is 1.97. The van der Waals surface area contributed by atoms with Gasteiger partial charge in [-0.05, 0) is 67.9 Å². The third-order valence-corrected chi connectivity index (χ3v) is 6.93. The van der Waals surface area contributed by atoms with Crippen molar-refractivity contribution in [3.63, 3.8) is 0 Å². The lowest BCUT2D eigenvalue weighted by molar-refractivity contribution is -0.149. The van der Waals surface area contributed by atoms with Crippen molar-refractivity contribution in [2.24, 2.45) is 22.7 Å². The highest BCUT2D eigenvalue weighted by molar-refractivity contribution is 5.62. The number of aldehydes is 1. The number of fused-ring (bicyclic) bond motifs is 1. The summed E-state index contributed by atoms with van der Waals surface area (Å²) < 4.78 is 5.17. The maximum atomic E-state index is 12.3. The van der Waals surface area contributed by atoms with E-state index in [0.29, 0.717) is 5.92 Å². The minimum atomic E-state index is -0.459. The Kier molecular flexibility index (Phi) is 4.26. The average Bonchev–Trinajstić information content (AvgIpc) is 3.04. The normalized spacial score (nSPS) is 40.3. The predicted molar refractivity (Wildman–Crippen MR) is 89.9 cm³/mol. The summed E-state index contributed by atoms with van der Waals surface area (Å²) in [5, 5.41) is 10.7. The van der Waals surface area contributed by atoms with E-state index in [9.17, 15) is 9.90 Å². The van der Waals surface area contributed by atoms with Gasteiger partial charge in [0, 0.05) is 5.41 Å². The molecule has 5 unspecified atom stereocenters. The fourth-order valence-corrected chi connectivity index (χ4v) is 5.19. The summed E-state index contributed by atoms with van der Waals surface area (Å²) in [6.07, 6.45) is 10.9. The number of aliphatic hydroxyl groups is 1. The Balaban J connectivity index is 1.97. The Morgan fingerprint density at radius 1 is 1.48 bits per heavy atom. The highest BCUT2D eigenvalue weighted by atomic mass is 16.3. The van der Waals surface area contributed by atoms with E-state index >= 15 is 0 Å². The lowest BCUT2D eigenvalue weighted by Gasteiger charge is -2.58. The molecule has 1 aromatic heterocycles. The van der Waals surface area contributed by atoms with Crippen LogP contribution in [-0.4, -0.2) is 17.5 Å². The zero-order valence-corrected chi connectivity index (χ0v) is 14.4. The van der Waals surface area contributed by atoms with Crippen LogP contribution in [0.15, 0.2) is 34.7 Å². The van der Waals surface area contributed by atoms with E-state index in [1.165, 1.54) is 11.9 Å². The Hall–Kier alpha value is -1.35. The van der Waals surface area contributed by atoms with Crippen molar-refractivity contribution < 1.29 is 14.3 Å². The zero-order valence-electron chi connectivity index (χ0n) is 14.4. The monoisotopic (exact) mass is 316 g/mol. The molecule has 3 rings (SSSR count). The van der Waals surface area contributed by atoms with Gasteiger partial charge in [-0.25, -0.2) is 0 Å². The molecule has 3 nitrogen and oxygen atoms in total. The van der Waals surface area contributed by atoms with Crippen molar-refractivity contribution in [3.8, 4) is 0 Å². The number of aryl methyl sites for hydroxylation is 1. The molecule has 0 radical (unpaired) electrons. The summed E-state index contributed by atoms with van der Waals surface area (Å²) in [4.78, 5) is 12.3. The number of rotatable bonds is 4. The highest BCUT2D eigenvalue weighted by Gasteiger charge is 2.58. The molecule has 0 spiro atoms. The van der Waals surface area contributed by atoms with E-state index in [0.717, 1.165) is 37.7 Å². The van der Waals surface area contributed by atoms with Crippen LogP contribution in [-0.2, 0) is 11.2 Å². The van der Waals surface area contributed by atoms with E-state index in [1.807, 2.05) is 6.07 Å². The number of aliphatic hydroxyl groups excluding tert-OH is 1. The molecule has 1 saturated carbocycles. The van der Waals surface area contributed by atoms with Crippen LogP contribution >= 0.6 is 0 Å². The molecule has 1 fully saturated rings. The van der Waals surface area contributed by atoms with Gasteiger partial charge in [-0.15, -0.1) is 0 Å². The first-order valence-corrected chi connectivity index (χ1v) is 8.77. The smallest absolute Gasteiger partial charge is 0.126 e. The molecule has 1 aromatic rings. The predicted octanol–water partition coefficient (Wildman–Crippen LogP) is 4.16. The van der Waals surface area contributed by atoms with Gasteiger partial charge in [0.05, 0.1) is 18.6 Å². The van der Waals surface area contributed by atoms with Gasteiger partial charge < -0.3 is 14.3 Å². The van der Waals surface area contributed by atoms with Crippen molar-refractivity contribution >= 4 is 6.29 Å². The lowest BCUT2D eigenvalue weighted by atomic mass is 9.46. The minimum Gasteiger partial charge on any atom is -0.472 e. The first-order chi connectivity index (χ1) is 10.9. The third-order valence-electron chi connectivity index (χ3n) is 6.93. The fourth-order valence-electron chi connectivity index (χ4n) is 5.19.